The third-order valence-corrected chi connectivity index (χ3v) is 6.05. The lowest BCUT2D eigenvalue weighted by atomic mass is 9.90. The maximum absolute atomic E-state index is 12.7. The number of fused-ring (bicyclic) bond motifs is 1. The molecule has 3 heterocycles. The van der Waals surface area contributed by atoms with Crippen LogP contribution in [0.15, 0.2) is 17.5 Å². The smallest absolute Gasteiger partial charge is 0.297 e. The van der Waals surface area contributed by atoms with Crippen molar-refractivity contribution in [3.05, 3.63) is 18.0 Å². The Morgan fingerprint density at radius 2 is 2.03 bits per heavy atom. The molecule has 2 amide bonds. The van der Waals surface area contributed by atoms with Gasteiger partial charge in [0.25, 0.3) is 17.4 Å². The van der Waals surface area contributed by atoms with E-state index in [0.29, 0.717) is 36.3 Å². The third-order valence-electron chi connectivity index (χ3n) is 6.05. The van der Waals surface area contributed by atoms with E-state index < -0.39 is 17.4 Å². The van der Waals surface area contributed by atoms with E-state index >= 15 is 0 Å². The molecular formula is C21H27N7O4. The van der Waals surface area contributed by atoms with Crippen molar-refractivity contribution in [2.75, 3.05) is 19.4 Å². The van der Waals surface area contributed by atoms with E-state index in [1.807, 2.05) is 6.92 Å². The molecule has 1 aliphatic carbocycles. The lowest BCUT2D eigenvalue weighted by Gasteiger charge is -2.26. The summed E-state index contributed by atoms with van der Waals surface area (Å²) < 4.78 is 1.78. The molecular weight excluding hydrogens is 414 g/mol. The Morgan fingerprint density at radius 3 is 2.66 bits per heavy atom. The molecule has 0 radical (unpaired) electrons. The zero-order valence-corrected chi connectivity index (χ0v) is 18.4. The highest BCUT2D eigenvalue weighted by Gasteiger charge is 2.53. The van der Waals surface area contributed by atoms with Crippen LogP contribution in [0.3, 0.4) is 0 Å². The number of hydrogen-bond donors (Lipinski definition) is 2. The van der Waals surface area contributed by atoms with Gasteiger partial charge in [-0.15, -0.1) is 0 Å². The summed E-state index contributed by atoms with van der Waals surface area (Å²) in [5.41, 5.74) is 6.12. The number of aryl methyl sites for hydroxylation is 1. The largest absolute Gasteiger partial charge is 0.381 e. The van der Waals surface area contributed by atoms with Crippen LogP contribution in [0.4, 0.5) is 5.69 Å². The molecule has 2 aromatic rings. The summed E-state index contributed by atoms with van der Waals surface area (Å²) in [7, 11) is 3.05. The molecule has 1 unspecified atom stereocenters. The van der Waals surface area contributed by atoms with Gasteiger partial charge in [-0.25, -0.2) is 9.67 Å². The van der Waals surface area contributed by atoms with Gasteiger partial charge in [-0.2, -0.15) is 5.10 Å². The molecule has 1 aliphatic heterocycles. The summed E-state index contributed by atoms with van der Waals surface area (Å²) in [6, 6.07) is 0.0919. The van der Waals surface area contributed by atoms with Crippen molar-refractivity contribution < 1.29 is 19.2 Å². The predicted octanol–water partition coefficient (Wildman–Crippen LogP) is 0.812. The van der Waals surface area contributed by atoms with Crippen LogP contribution in [0, 0.1) is 0 Å². The number of hydrogen-bond acceptors (Lipinski definition) is 8. The molecule has 11 nitrogen and oxygen atoms in total. The van der Waals surface area contributed by atoms with Crippen molar-refractivity contribution in [3.63, 3.8) is 0 Å². The topological polar surface area (TPSA) is 145 Å². The zero-order chi connectivity index (χ0) is 23.0. The molecule has 32 heavy (non-hydrogen) atoms. The summed E-state index contributed by atoms with van der Waals surface area (Å²) in [5, 5.41) is 12.8. The Bertz CT molecular complexity index is 1110. The molecule has 4 rings (SSSR count). The Labute approximate surface area is 184 Å². The molecule has 0 saturated heterocycles. The molecule has 0 bridgehead atoms. The number of ketones is 1. The van der Waals surface area contributed by atoms with Crippen molar-refractivity contribution in [1.82, 2.24) is 19.7 Å². The van der Waals surface area contributed by atoms with Crippen LogP contribution in [0.25, 0.3) is 11.0 Å². The fraction of sp³-hybridized carbons (Fsp3) is 0.524. The van der Waals surface area contributed by atoms with E-state index in [4.69, 9.17) is 10.6 Å². The van der Waals surface area contributed by atoms with Crippen LogP contribution in [0.1, 0.15) is 44.6 Å². The number of pyridine rings is 1. The van der Waals surface area contributed by atoms with Crippen molar-refractivity contribution in [1.29, 1.82) is 0 Å². The van der Waals surface area contributed by atoms with Crippen molar-refractivity contribution >= 4 is 40.0 Å². The molecule has 2 aliphatic rings. The first-order chi connectivity index (χ1) is 15.3. The van der Waals surface area contributed by atoms with Gasteiger partial charge in [-0.3, -0.25) is 14.4 Å². The Morgan fingerprint density at radius 1 is 1.31 bits per heavy atom. The molecule has 170 valence electrons. The number of Topliss-reactive ketones (excluding diaryl/α,β-unsaturated/α-hetero) is 1. The van der Waals surface area contributed by atoms with E-state index in [-0.39, 0.29) is 18.2 Å². The Hall–Kier alpha value is -3.50. The van der Waals surface area contributed by atoms with Gasteiger partial charge in [0.15, 0.2) is 5.65 Å². The summed E-state index contributed by atoms with van der Waals surface area (Å²) >= 11 is 0. The number of nitrogens with two attached hydrogens (primary N) is 1. The second-order valence-electron chi connectivity index (χ2n) is 8.40. The normalized spacial score (nSPS) is 21.3. The van der Waals surface area contributed by atoms with Crippen molar-refractivity contribution in [2.24, 2.45) is 10.9 Å². The summed E-state index contributed by atoms with van der Waals surface area (Å²) in [5.74, 6) is -1.20. The minimum atomic E-state index is -1.89. The summed E-state index contributed by atoms with van der Waals surface area (Å²) in [6.45, 7) is 2.63. The molecule has 3 N–H and O–H groups in total. The SMILES string of the molecule is CCn1ncc2c(NC3CCC(=O)CC3)c(C3=NOC(C(N)=O)(C(=O)N(C)C)C3)cnc21. The summed E-state index contributed by atoms with van der Waals surface area (Å²) in [6.07, 6.45) is 5.77. The number of likely N-dealkylation sites (N-methyl/N-ethyl adjacent to an activating group) is 1. The lowest BCUT2D eigenvalue weighted by Crippen LogP contribution is -2.55. The first-order valence-corrected chi connectivity index (χ1v) is 10.7. The quantitative estimate of drug-likeness (QED) is 0.631. The van der Waals surface area contributed by atoms with Gasteiger partial charge < -0.3 is 20.8 Å². The average molecular weight is 441 g/mol. The number of nitrogens with zero attached hydrogens (tertiary/aromatic N) is 5. The first kappa shape index (κ1) is 21.7. The monoisotopic (exact) mass is 441 g/mol. The molecule has 1 saturated carbocycles. The molecule has 2 aromatic heterocycles. The number of nitrogens with one attached hydrogen (secondary N) is 1. The standard InChI is InChI=1S/C21H27N7O4/c1-4-28-18-15(11-24-28)17(25-12-5-7-13(29)8-6-12)14(10-23-18)16-9-21(19(22)30,32-26-16)20(31)27(2)3/h10-12H,4-9H2,1-3H3,(H2,22,30)(H,23,25). The Kier molecular flexibility index (Phi) is 5.57. The minimum absolute atomic E-state index is 0.0919. The van der Waals surface area contributed by atoms with Crippen LogP contribution in [-0.2, 0) is 25.8 Å². The van der Waals surface area contributed by atoms with Gasteiger partial charge in [-0.05, 0) is 19.8 Å². The number of carbonyl (C=O) groups is 3. The molecule has 1 atom stereocenters. The lowest BCUT2D eigenvalue weighted by molar-refractivity contribution is -0.161. The van der Waals surface area contributed by atoms with E-state index in [1.165, 1.54) is 19.0 Å². The highest BCUT2D eigenvalue weighted by atomic mass is 16.7. The van der Waals surface area contributed by atoms with Crippen LogP contribution in [-0.4, -0.2) is 68.7 Å². The van der Waals surface area contributed by atoms with E-state index in [0.717, 1.165) is 23.9 Å². The van der Waals surface area contributed by atoms with Gasteiger partial charge in [0.2, 0.25) is 0 Å². The molecule has 0 aromatic carbocycles. The maximum atomic E-state index is 12.7. The van der Waals surface area contributed by atoms with Crippen LogP contribution in [0.5, 0.6) is 0 Å². The van der Waals surface area contributed by atoms with Crippen molar-refractivity contribution in [3.8, 4) is 0 Å². The number of oxime groups is 1. The second kappa shape index (κ2) is 8.21. The number of aromatic nitrogens is 3. The number of carbonyl (C=O) groups excluding carboxylic acids is 3. The summed E-state index contributed by atoms with van der Waals surface area (Å²) in [4.78, 5) is 47.8. The number of primary amides is 1. The number of rotatable bonds is 6. The predicted molar refractivity (Wildman–Crippen MR) is 117 cm³/mol. The second-order valence-corrected chi connectivity index (χ2v) is 8.40. The first-order valence-electron chi connectivity index (χ1n) is 10.7. The molecule has 11 heteroatoms. The van der Waals surface area contributed by atoms with Crippen LogP contribution < -0.4 is 11.1 Å². The fourth-order valence-electron chi connectivity index (χ4n) is 4.21. The van der Waals surface area contributed by atoms with E-state index in [2.05, 4.69) is 20.6 Å². The van der Waals surface area contributed by atoms with E-state index in [1.54, 1.807) is 17.1 Å². The highest BCUT2D eigenvalue weighted by molar-refractivity contribution is 6.18. The minimum Gasteiger partial charge on any atom is -0.381 e. The average Bonchev–Trinajstić information content (AvgIpc) is 3.40. The maximum Gasteiger partial charge on any atom is 0.297 e. The van der Waals surface area contributed by atoms with Gasteiger partial charge >= 0.3 is 0 Å². The van der Waals surface area contributed by atoms with Gasteiger partial charge in [0, 0.05) is 51.3 Å². The Balaban J connectivity index is 1.74. The van der Waals surface area contributed by atoms with Gasteiger partial charge in [0.1, 0.15) is 5.78 Å². The highest BCUT2D eigenvalue weighted by Crippen LogP contribution is 2.35. The van der Waals surface area contributed by atoms with Crippen molar-refractivity contribution in [2.45, 2.75) is 57.2 Å². The van der Waals surface area contributed by atoms with Gasteiger partial charge in [0.05, 0.1) is 29.4 Å². The molecule has 1 fully saturated rings. The van der Waals surface area contributed by atoms with Crippen LogP contribution >= 0.6 is 0 Å². The third kappa shape index (κ3) is 3.57. The van der Waals surface area contributed by atoms with Crippen LogP contribution in [0.2, 0.25) is 0 Å². The number of anilines is 1. The van der Waals surface area contributed by atoms with E-state index in [9.17, 15) is 14.4 Å². The van der Waals surface area contributed by atoms with Gasteiger partial charge in [-0.1, -0.05) is 5.16 Å². The molecule has 0 spiro atoms. The fourth-order valence-corrected chi connectivity index (χ4v) is 4.21. The zero-order valence-electron chi connectivity index (χ0n) is 18.4. The number of amides is 2.